The van der Waals surface area contributed by atoms with Crippen LogP contribution in [-0.4, -0.2) is 215 Å². The van der Waals surface area contributed by atoms with Crippen LogP contribution >= 0.6 is 0 Å². The summed E-state index contributed by atoms with van der Waals surface area (Å²) in [4.78, 5) is 38.4. The van der Waals surface area contributed by atoms with Crippen LogP contribution in [-0.2, 0) is 42.8 Å². The molecule has 3 rings (SSSR count). The van der Waals surface area contributed by atoms with Gasteiger partial charge in [0.2, 0.25) is 11.8 Å². The van der Waals surface area contributed by atoms with E-state index in [-0.39, 0.29) is 18.9 Å². The van der Waals surface area contributed by atoms with E-state index >= 15 is 0 Å². The molecule has 0 aromatic heterocycles. The van der Waals surface area contributed by atoms with Crippen LogP contribution in [0.1, 0.15) is 207 Å². The highest BCUT2D eigenvalue weighted by Crippen LogP contribution is 2.38. The molecule has 3 aliphatic heterocycles. The van der Waals surface area contributed by atoms with Gasteiger partial charge in [-0.25, -0.2) is 4.79 Å². The first kappa shape index (κ1) is 73.7. The molecule has 3 fully saturated rings. The fraction of sp³-hybridized carbons (Fsp3) is 0.915. The number of unbranched alkanes of at least 4 members (excludes halogenated alkanes) is 23. The normalized spacial score (nSPS) is 30.2. The van der Waals surface area contributed by atoms with Gasteiger partial charge in [-0.1, -0.05) is 161 Å². The minimum Gasteiger partial charge on any atom is -0.477 e. The molecule has 0 radical (unpaired) electrons. The molecule has 3 heterocycles. The van der Waals surface area contributed by atoms with Crippen molar-refractivity contribution in [3.63, 3.8) is 0 Å². The average molecular weight is 1180 g/mol. The van der Waals surface area contributed by atoms with Crippen molar-refractivity contribution >= 4 is 17.8 Å². The number of aliphatic carboxylic acids is 1. The Hall–Kier alpha value is -2.53. The first-order valence-electron chi connectivity index (χ1n) is 31.0. The number of aliphatic hydroxyl groups is 11. The zero-order chi connectivity index (χ0) is 60.5. The molecule has 23 nitrogen and oxygen atoms in total. The number of hydrogen-bond acceptors (Lipinski definition) is 20. The van der Waals surface area contributed by atoms with Gasteiger partial charge in [0.05, 0.1) is 50.7 Å². The zero-order valence-electron chi connectivity index (χ0n) is 49.3. The highest BCUT2D eigenvalue weighted by atomic mass is 16.8. The number of ether oxygens (including phenoxy) is 6. The zero-order valence-corrected chi connectivity index (χ0v) is 49.3. The van der Waals surface area contributed by atoms with Gasteiger partial charge in [-0.15, -0.1) is 0 Å². The van der Waals surface area contributed by atoms with E-state index in [2.05, 4.69) is 36.6 Å². The van der Waals surface area contributed by atoms with Crippen LogP contribution in [0, 0.1) is 0 Å². The van der Waals surface area contributed by atoms with E-state index in [4.69, 9.17) is 28.4 Å². The van der Waals surface area contributed by atoms with Crippen molar-refractivity contribution < 1.29 is 104 Å². The minimum atomic E-state index is -3.08. The lowest BCUT2D eigenvalue weighted by Crippen LogP contribution is -2.70. The number of nitrogens with one attached hydrogen (secondary N) is 2. The van der Waals surface area contributed by atoms with Gasteiger partial charge >= 0.3 is 5.97 Å². The molecule has 14 N–H and O–H groups in total. The molecule has 23 heteroatoms. The van der Waals surface area contributed by atoms with E-state index in [1.54, 1.807) is 0 Å². The van der Waals surface area contributed by atoms with Crippen LogP contribution in [0.4, 0.5) is 0 Å². The Balaban J connectivity index is 1.66. The number of carbonyl (C=O) groups excluding carboxylic acids is 2. The third-order valence-electron chi connectivity index (χ3n) is 16.0. The Morgan fingerprint density at radius 2 is 1.13 bits per heavy atom. The molecule has 3 aliphatic rings. The third kappa shape index (κ3) is 25.4. The first-order valence-corrected chi connectivity index (χ1v) is 31.0. The monoisotopic (exact) mass is 1180 g/mol. The van der Waals surface area contributed by atoms with Crippen molar-refractivity contribution in [2.45, 2.75) is 317 Å². The molecule has 82 heavy (non-hydrogen) atoms. The van der Waals surface area contributed by atoms with Gasteiger partial charge in [0, 0.05) is 19.8 Å². The van der Waals surface area contributed by atoms with E-state index in [1.165, 1.54) is 77.0 Å². The summed E-state index contributed by atoms with van der Waals surface area (Å²) in [6.07, 6.45) is 5.19. The Morgan fingerprint density at radius 1 is 0.622 bits per heavy atom. The number of carbonyl (C=O) groups is 3. The summed E-state index contributed by atoms with van der Waals surface area (Å²) >= 11 is 0. The molecule has 1 unspecified atom stereocenters. The van der Waals surface area contributed by atoms with Crippen molar-refractivity contribution in [1.82, 2.24) is 10.6 Å². The second-order valence-corrected chi connectivity index (χ2v) is 22.9. The van der Waals surface area contributed by atoms with E-state index in [0.29, 0.717) is 19.3 Å². The van der Waals surface area contributed by atoms with Crippen molar-refractivity contribution in [3.8, 4) is 0 Å². The number of hydrogen-bond donors (Lipinski definition) is 14. The van der Waals surface area contributed by atoms with E-state index in [0.717, 1.165) is 84.0 Å². The van der Waals surface area contributed by atoms with Crippen molar-refractivity contribution in [1.29, 1.82) is 0 Å². The largest absolute Gasteiger partial charge is 0.477 e. The molecule has 0 bridgehead atoms. The molecular weight excluding hydrogens is 1070 g/mol. The number of rotatable bonds is 45. The highest BCUT2D eigenvalue weighted by Gasteiger charge is 2.60. The van der Waals surface area contributed by atoms with E-state index in [1.807, 2.05) is 0 Å². The van der Waals surface area contributed by atoms with Crippen LogP contribution in [0.25, 0.3) is 0 Å². The van der Waals surface area contributed by atoms with Crippen LogP contribution in [0.2, 0.25) is 0 Å². The second-order valence-electron chi connectivity index (χ2n) is 22.9. The van der Waals surface area contributed by atoms with Crippen LogP contribution in [0.5, 0.6) is 0 Å². The summed E-state index contributed by atoms with van der Waals surface area (Å²) in [6, 6.07) is -2.53. The average Bonchev–Trinajstić information content (AvgIpc) is 3.03. The lowest BCUT2D eigenvalue weighted by molar-refractivity contribution is -0.386. The fourth-order valence-corrected chi connectivity index (χ4v) is 10.9. The van der Waals surface area contributed by atoms with E-state index < -0.39 is 148 Å². The number of carboxylic acids is 1. The maximum Gasteiger partial charge on any atom is 0.364 e. The van der Waals surface area contributed by atoms with Gasteiger partial charge in [0.25, 0.3) is 5.79 Å². The van der Waals surface area contributed by atoms with Crippen LogP contribution < -0.4 is 10.6 Å². The number of amides is 2. The summed E-state index contributed by atoms with van der Waals surface area (Å²) in [7, 11) is 0. The Labute approximate surface area is 486 Å². The summed E-state index contributed by atoms with van der Waals surface area (Å²) < 4.78 is 34.7. The van der Waals surface area contributed by atoms with Gasteiger partial charge in [-0.3, -0.25) is 9.59 Å². The summed E-state index contributed by atoms with van der Waals surface area (Å²) in [6.45, 7) is 2.15. The number of allylic oxidation sites excluding steroid dienone is 2. The van der Waals surface area contributed by atoms with E-state index in [9.17, 15) is 75.7 Å². The summed E-state index contributed by atoms with van der Waals surface area (Å²) in [5.41, 5.74) is 0. The minimum absolute atomic E-state index is 0.219. The second kappa shape index (κ2) is 41.5. The maximum atomic E-state index is 13.4. The molecule has 2 amide bonds. The van der Waals surface area contributed by atoms with Gasteiger partial charge in [-0.05, 0) is 38.5 Å². The Kier molecular flexibility index (Phi) is 37.4. The van der Waals surface area contributed by atoms with Gasteiger partial charge in [-0.2, -0.15) is 0 Å². The molecule has 480 valence electrons. The molecular formula is C59H108N2O21. The van der Waals surface area contributed by atoms with Crippen molar-refractivity contribution in [3.05, 3.63) is 12.2 Å². The topological polar surface area (TPSA) is 373 Å². The molecule has 0 aromatic rings. The molecule has 18 atom stereocenters. The van der Waals surface area contributed by atoms with Crippen LogP contribution in [0.15, 0.2) is 12.2 Å². The summed E-state index contributed by atoms with van der Waals surface area (Å²) in [5, 5.41) is 136. The summed E-state index contributed by atoms with van der Waals surface area (Å²) in [5.74, 6) is -6.11. The predicted octanol–water partition coefficient (Wildman–Crippen LogP) is 3.17. The van der Waals surface area contributed by atoms with Crippen molar-refractivity contribution in [2.24, 2.45) is 0 Å². The standard InChI is InChI=1S/C59H108N2O21/c1-4-6-8-10-12-14-16-18-19-21-23-25-27-29-31-33-46(69)61-40(41(66)32-30-28-26-24-22-20-17-15-13-11-9-7-5-2)38-77-56-51(73)50(72)53(45(37-64)79-56)80-57-52(74)55(49(71)44(36-63)78-57)82-59(58(75)76)34-42(67)47(60-39(3)65)54(81-59)48(70)43(68)35-62/h14,16,40-45,47-57,62-64,66-68,70-74H,4-13,15,17-38H2,1-3H3,(H,60,65)(H,61,69)(H,75,76)/t40-,41+,42-,43+,44+,45+,47+,48+,49-,50+,51+,52+,53+,54?,55-,56+,57-,59-/m0/s1. The Bertz CT molecular complexity index is 1740. The van der Waals surface area contributed by atoms with Crippen LogP contribution in [0.3, 0.4) is 0 Å². The molecule has 3 saturated heterocycles. The SMILES string of the molecule is CCCCCCC=CCCCCCCCCCC(=O)N[C@@H](CO[C@@H]1O[C@H](CO)[C@@H](O[C@@H]2O[C@H](CO)[C@H](O)[C@H](O[C@]3(C(=O)O)C[C@H](O)[C@@H](NC(C)=O)C([C@H](O)[C@H](O)CO)O3)[C@H]2O)[C@H](O)[C@H]1O)[C@H](O)CCCCCCCCCCCCCCC. The van der Waals surface area contributed by atoms with Crippen molar-refractivity contribution in [2.75, 3.05) is 26.4 Å². The van der Waals surface area contributed by atoms with Gasteiger partial charge in [0.1, 0.15) is 67.1 Å². The predicted molar refractivity (Wildman–Crippen MR) is 301 cm³/mol. The fourth-order valence-electron chi connectivity index (χ4n) is 10.9. The molecule has 0 spiro atoms. The van der Waals surface area contributed by atoms with Gasteiger partial charge < -0.3 is 100 Å². The highest BCUT2D eigenvalue weighted by molar-refractivity contribution is 5.77. The molecule has 0 aromatic carbocycles. The number of aliphatic hydroxyl groups excluding tert-OH is 11. The molecule has 0 aliphatic carbocycles. The lowest BCUT2D eigenvalue weighted by atomic mass is 9.88. The smallest absolute Gasteiger partial charge is 0.364 e. The molecule has 0 saturated carbocycles. The third-order valence-corrected chi connectivity index (χ3v) is 16.0. The van der Waals surface area contributed by atoms with Gasteiger partial charge in [0.15, 0.2) is 12.6 Å². The number of carboxylic acid groups (broad SMARTS) is 1. The lowest BCUT2D eigenvalue weighted by Gasteiger charge is -2.50. The Morgan fingerprint density at radius 3 is 1.66 bits per heavy atom. The maximum absolute atomic E-state index is 13.4. The first-order chi connectivity index (χ1) is 39.4. The quantitative estimate of drug-likeness (QED) is 0.0307.